The van der Waals surface area contributed by atoms with E-state index in [0.717, 1.165) is 12.3 Å². The van der Waals surface area contributed by atoms with Crippen molar-refractivity contribution in [2.45, 2.75) is 24.7 Å². The van der Waals surface area contributed by atoms with E-state index in [0.29, 0.717) is 5.56 Å². The minimum absolute atomic E-state index is 0.0206. The number of anilines is 1. The van der Waals surface area contributed by atoms with E-state index in [9.17, 15) is 33.4 Å². The normalized spacial score (nSPS) is 15.4. The lowest BCUT2D eigenvalue weighted by Gasteiger charge is -2.30. The van der Waals surface area contributed by atoms with Crippen LogP contribution in [0.25, 0.3) is 0 Å². The Hall–Kier alpha value is -3.45. The van der Waals surface area contributed by atoms with Crippen LogP contribution < -0.4 is 5.32 Å². The fourth-order valence-electron chi connectivity index (χ4n) is 3.35. The number of carbonyl (C=O) groups excluding carboxylic acids is 1. The number of hydrogen-bond acceptors (Lipinski definition) is 8. The zero-order chi connectivity index (χ0) is 22.8. The van der Waals surface area contributed by atoms with Crippen molar-refractivity contribution >= 4 is 33.0 Å². The Bertz CT molecular complexity index is 1140. The lowest BCUT2D eigenvalue weighted by molar-refractivity contribution is -0.385. The largest absolute Gasteiger partial charge is 0.320 e. The third kappa shape index (κ3) is 4.67. The number of hydrogen-bond donors (Lipinski definition) is 1. The Morgan fingerprint density at radius 1 is 1.16 bits per heavy atom. The summed E-state index contributed by atoms with van der Waals surface area (Å²) in [6.45, 7) is 1.64. The minimum atomic E-state index is -3.98. The predicted molar refractivity (Wildman–Crippen MR) is 109 cm³/mol. The van der Waals surface area contributed by atoms with Crippen LogP contribution in [0.2, 0.25) is 0 Å². The molecule has 1 fully saturated rings. The molecule has 1 aliphatic heterocycles. The Kier molecular flexibility index (Phi) is 6.27. The summed E-state index contributed by atoms with van der Waals surface area (Å²) in [6, 6.07) is 4.97. The van der Waals surface area contributed by atoms with E-state index in [4.69, 9.17) is 0 Å². The molecule has 1 aliphatic rings. The van der Waals surface area contributed by atoms with Gasteiger partial charge in [-0.2, -0.15) is 4.31 Å². The number of piperidine rings is 1. The van der Waals surface area contributed by atoms with E-state index in [1.54, 1.807) is 6.92 Å². The number of amides is 1. The van der Waals surface area contributed by atoms with Crippen LogP contribution in [0.4, 0.5) is 17.1 Å². The van der Waals surface area contributed by atoms with Gasteiger partial charge in [0.25, 0.3) is 5.69 Å². The molecule has 164 valence electrons. The molecule has 31 heavy (non-hydrogen) atoms. The van der Waals surface area contributed by atoms with Gasteiger partial charge in [0.1, 0.15) is 11.9 Å². The van der Waals surface area contributed by atoms with E-state index < -0.39 is 31.7 Å². The standard InChI is InChI=1S/C18H19N5O7S/c1-12-2-3-14(22(25)26)10-17(12)31(29,30)21-8-5-13(6-9-21)18(24)20-15-4-7-19-11-16(15)23(27)28/h2-4,7,10-11,13H,5-6,8-9H2,1H3,(H,19,20,24). The molecule has 3 rings (SSSR count). The highest BCUT2D eigenvalue weighted by atomic mass is 32.2. The smallest absolute Gasteiger partial charge is 0.310 e. The molecule has 2 aromatic rings. The number of rotatable bonds is 6. The van der Waals surface area contributed by atoms with Gasteiger partial charge in [0.2, 0.25) is 15.9 Å². The van der Waals surface area contributed by atoms with Gasteiger partial charge in [-0.05, 0) is 31.4 Å². The van der Waals surface area contributed by atoms with E-state index in [1.807, 2.05) is 0 Å². The van der Waals surface area contributed by atoms with Crippen molar-refractivity contribution in [3.63, 3.8) is 0 Å². The van der Waals surface area contributed by atoms with Crippen molar-refractivity contribution in [2.75, 3.05) is 18.4 Å². The topological polar surface area (TPSA) is 166 Å². The Labute approximate surface area is 177 Å². The fourth-order valence-corrected chi connectivity index (χ4v) is 5.06. The molecule has 0 radical (unpaired) electrons. The van der Waals surface area contributed by atoms with E-state index in [1.165, 1.54) is 28.7 Å². The third-order valence-electron chi connectivity index (χ3n) is 5.08. The number of nitrogens with zero attached hydrogens (tertiary/aromatic N) is 4. The molecule has 0 saturated carbocycles. The summed E-state index contributed by atoms with van der Waals surface area (Å²) in [5.41, 5.74) is -0.253. The van der Waals surface area contributed by atoms with Crippen molar-refractivity contribution in [1.29, 1.82) is 0 Å². The van der Waals surface area contributed by atoms with Crippen LogP contribution in [0.5, 0.6) is 0 Å². The van der Waals surface area contributed by atoms with Crippen LogP contribution in [0.1, 0.15) is 18.4 Å². The molecule has 2 heterocycles. The second-order valence-electron chi connectivity index (χ2n) is 7.02. The molecule has 1 aromatic carbocycles. The Morgan fingerprint density at radius 2 is 1.84 bits per heavy atom. The molecule has 12 nitrogen and oxygen atoms in total. The average Bonchev–Trinajstić information content (AvgIpc) is 2.74. The second-order valence-corrected chi connectivity index (χ2v) is 8.93. The molecule has 0 unspecified atom stereocenters. The highest BCUT2D eigenvalue weighted by Gasteiger charge is 2.34. The molecule has 0 aliphatic carbocycles. The average molecular weight is 449 g/mol. The maximum Gasteiger partial charge on any atom is 0.310 e. The minimum Gasteiger partial charge on any atom is -0.320 e. The number of sulfonamides is 1. The summed E-state index contributed by atoms with van der Waals surface area (Å²) in [5.74, 6) is -0.983. The molecule has 0 atom stereocenters. The zero-order valence-corrected chi connectivity index (χ0v) is 17.2. The number of aryl methyl sites for hydroxylation is 1. The lowest BCUT2D eigenvalue weighted by Crippen LogP contribution is -2.41. The van der Waals surface area contributed by atoms with Crippen molar-refractivity contribution in [3.8, 4) is 0 Å². The number of non-ortho nitro benzene ring substituents is 1. The van der Waals surface area contributed by atoms with Gasteiger partial charge in [-0.1, -0.05) is 6.07 Å². The summed E-state index contributed by atoms with van der Waals surface area (Å²) < 4.78 is 27.2. The number of nitro groups is 2. The van der Waals surface area contributed by atoms with Gasteiger partial charge in [-0.25, -0.2) is 8.42 Å². The first-order valence-electron chi connectivity index (χ1n) is 9.25. The van der Waals surface area contributed by atoms with Crippen LogP contribution in [0.3, 0.4) is 0 Å². The Balaban J connectivity index is 1.71. The fraction of sp³-hybridized carbons (Fsp3) is 0.333. The van der Waals surface area contributed by atoms with Gasteiger partial charge in [0, 0.05) is 37.3 Å². The molecular weight excluding hydrogens is 430 g/mol. The van der Waals surface area contributed by atoms with Gasteiger partial charge in [-0.3, -0.25) is 30.0 Å². The number of pyridine rings is 1. The number of nitro benzene ring substituents is 1. The summed E-state index contributed by atoms with van der Waals surface area (Å²) in [7, 11) is -3.98. The molecule has 0 bridgehead atoms. The number of benzene rings is 1. The van der Waals surface area contributed by atoms with Crippen molar-refractivity contribution in [1.82, 2.24) is 9.29 Å². The summed E-state index contributed by atoms with van der Waals surface area (Å²) in [4.78, 5) is 36.8. The first-order chi connectivity index (χ1) is 14.6. The van der Waals surface area contributed by atoms with Crippen LogP contribution in [0.15, 0.2) is 41.6 Å². The molecule has 0 spiro atoms. The van der Waals surface area contributed by atoms with E-state index >= 15 is 0 Å². The third-order valence-corrected chi connectivity index (χ3v) is 7.12. The van der Waals surface area contributed by atoms with Crippen LogP contribution in [0, 0.1) is 33.1 Å². The molecule has 1 aromatic heterocycles. The second kappa shape index (κ2) is 8.73. The van der Waals surface area contributed by atoms with Crippen molar-refractivity contribution < 1.29 is 23.1 Å². The monoisotopic (exact) mass is 449 g/mol. The molecule has 13 heteroatoms. The van der Waals surface area contributed by atoms with Gasteiger partial charge >= 0.3 is 5.69 Å². The summed E-state index contributed by atoms with van der Waals surface area (Å²) >= 11 is 0. The van der Waals surface area contributed by atoms with Gasteiger partial charge < -0.3 is 5.32 Å². The van der Waals surface area contributed by atoms with Crippen LogP contribution >= 0.6 is 0 Å². The molecule has 1 saturated heterocycles. The quantitative estimate of drug-likeness (QED) is 0.518. The number of nitrogens with one attached hydrogen (secondary N) is 1. The predicted octanol–water partition coefficient (Wildman–Crippen LogP) is 2.25. The first-order valence-corrected chi connectivity index (χ1v) is 10.7. The van der Waals surface area contributed by atoms with E-state index in [-0.39, 0.29) is 47.9 Å². The van der Waals surface area contributed by atoms with Gasteiger partial charge in [0.05, 0.1) is 14.7 Å². The molecule has 1 N–H and O–H groups in total. The number of carbonyl (C=O) groups is 1. The maximum absolute atomic E-state index is 13.0. The Morgan fingerprint density at radius 3 is 2.45 bits per heavy atom. The van der Waals surface area contributed by atoms with Gasteiger partial charge in [-0.15, -0.1) is 0 Å². The van der Waals surface area contributed by atoms with Gasteiger partial charge in [0.15, 0.2) is 0 Å². The van der Waals surface area contributed by atoms with Crippen LogP contribution in [-0.2, 0) is 14.8 Å². The summed E-state index contributed by atoms with van der Waals surface area (Å²) in [5, 5.41) is 24.6. The highest BCUT2D eigenvalue weighted by Crippen LogP contribution is 2.29. The van der Waals surface area contributed by atoms with Crippen LogP contribution in [-0.4, -0.2) is 46.6 Å². The molecule has 1 amide bonds. The van der Waals surface area contributed by atoms with Crippen molar-refractivity contribution in [2.24, 2.45) is 5.92 Å². The SMILES string of the molecule is Cc1ccc([N+](=O)[O-])cc1S(=O)(=O)N1CCC(C(=O)Nc2ccncc2[N+](=O)[O-])CC1. The first kappa shape index (κ1) is 22.2. The number of aromatic nitrogens is 1. The molecular formula is C18H19N5O7S. The maximum atomic E-state index is 13.0. The summed E-state index contributed by atoms with van der Waals surface area (Å²) in [6.07, 6.45) is 2.77. The zero-order valence-electron chi connectivity index (χ0n) is 16.4. The van der Waals surface area contributed by atoms with Crippen molar-refractivity contribution in [3.05, 3.63) is 62.5 Å². The lowest BCUT2D eigenvalue weighted by atomic mass is 9.97. The van der Waals surface area contributed by atoms with E-state index in [2.05, 4.69) is 10.3 Å². The highest BCUT2D eigenvalue weighted by molar-refractivity contribution is 7.89.